The van der Waals surface area contributed by atoms with Crippen LogP contribution >= 0.6 is 0 Å². The van der Waals surface area contributed by atoms with Crippen molar-refractivity contribution in [2.24, 2.45) is 5.73 Å². The lowest BCUT2D eigenvalue weighted by Crippen LogP contribution is -2.29. The van der Waals surface area contributed by atoms with Gasteiger partial charge in [-0.3, -0.25) is 0 Å². The van der Waals surface area contributed by atoms with E-state index in [4.69, 9.17) is 10.5 Å². The van der Waals surface area contributed by atoms with Gasteiger partial charge in [-0.15, -0.1) is 0 Å². The third-order valence-electron chi connectivity index (χ3n) is 2.70. The van der Waals surface area contributed by atoms with Gasteiger partial charge in [-0.2, -0.15) is 0 Å². The average molecular weight is 240 g/mol. The van der Waals surface area contributed by atoms with E-state index in [1.54, 1.807) is 6.07 Å². The van der Waals surface area contributed by atoms with Crippen molar-refractivity contribution in [2.45, 2.75) is 20.4 Å². The van der Waals surface area contributed by atoms with Gasteiger partial charge in [0.2, 0.25) is 0 Å². The molecule has 0 atom stereocenters. The Balaban J connectivity index is 2.86. The molecule has 17 heavy (non-hydrogen) atoms. The Labute approximate surface area is 102 Å². The molecule has 0 spiro atoms. The third-order valence-corrected chi connectivity index (χ3v) is 2.70. The van der Waals surface area contributed by atoms with Gasteiger partial charge in [-0.05, 0) is 25.5 Å². The third kappa shape index (κ3) is 3.68. The Hall–Kier alpha value is -1.13. The highest BCUT2D eigenvalue weighted by molar-refractivity contribution is 5.54. The van der Waals surface area contributed by atoms with Crippen LogP contribution < -0.4 is 10.6 Å². The molecular formula is C13H21FN2O. The van der Waals surface area contributed by atoms with E-state index >= 15 is 0 Å². The summed E-state index contributed by atoms with van der Waals surface area (Å²) in [4.78, 5) is 1.97. The van der Waals surface area contributed by atoms with Crippen molar-refractivity contribution < 1.29 is 9.13 Å². The van der Waals surface area contributed by atoms with Crippen LogP contribution in [-0.4, -0.2) is 26.3 Å². The lowest BCUT2D eigenvalue weighted by Gasteiger charge is -2.25. The van der Waals surface area contributed by atoms with E-state index in [1.165, 1.54) is 6.07 Å². The van der Waals surface area contributed by atoms with Gasteiger partial charge in [0.15, 0.2) is 0 Å². The minimum atomic E-state index is -0.216. The Morgan fingerprint density at radius 3 is 2.71 bits per heavy atom. The molecule has 96 valence electrons. The second-order valence-electron chi connectivity index (χ2n) is 3.73. The van der Waals surface area contributed by atoms with Crippen molar-refractivity contribution in [2.75, 3.05) is 31.2 Å². The minimum Gasteiger partial charge on any atom is -0.380 e. The van der Waals surface area contributed by atoms with Crippen LogP contribution in [0.25, 0.3) is 0 Å². The highest BCUT2D eigenvalue weighted by Crippen LogP contribution is 2.23. The van der Waals surface area contributed by atoms with E-state index in [0.29, 0.717) is 32.0 Å². The Bertz CT molecular complexity index is 344. The van der Waals surface area contributed by atoms with Crippen LogP contribution in [0.15, 0.2) is 18.2 Å². The molecule has 0 aromatic heterocycles. The summed E-state index contributed by atoms with van der Waals surface area (Å²) >= 11 is 0. The lowest BCUT2D eigenvalue weighted by molar-refractivity contribution is 0.154. The molecule has 0 aliphatic heterocycles. The Kier molecular flexibility index (Phi) is 5.94. The smallest absolute Gasteiger partial charge is 0.146 e. The van der Waals surface area contributed by atoms with Crippen molar-refractivity contribution >= 4 is 5.69 Å². The maximum Gasteiger partial charge on any atom is 0.146 e. The van der Waals surface area contributed by atoms with Crippen LogP contribution in [-0.2, 0) is 11.3 Å². The molecule has 0 heterocycles. The lowest BCUT2D eigenvalue weighted by atomic mass is 10.1. The van der Waals surface area contributed by atoms with Gasteiger partial charge in [0.1, 0.15) is 5.82 Å². The van der Waals surface area contributed by atoms with Crippen LogP contribution in [0.2, 0.25) is 0 Å². The molecule has 0 aliphatic carbocycles. The molecule has 0 radical (unpaired) electrons. The predicted molar refractivity (Wildman–Crippen MR) is 68.7 cm³/mol. The second-order valence-corrected chi connectivity index (χ2v) is 3.73. The maximum atomic E-state index is 13.8. The van der Waals surface area contributed by atoms with E-state index in [-0.39, 0.29) is 5.82 Å². The topological polar surface area (TPSA) is 38.5 Å². The van der Waals surface area contributed by atoms with E-state index < -0.39 is 0 Å². The predicted octanol–water partition coefficient (Wildman–Crippen LogP) is 2.15. The Morgan fingerprint density at radius 2 is 2.12 bits per heavy atom. The number of anilines is 1. The number of hydrogen-bond acceptors (Lipinski definition) is 3. The fraction of sp³-hybridized carbons (Fsp3) is 0.538. The summed E-state index contributed by atoms with van der Waals surface area (Å²) in [6.07, 6.45) is 0. The van der Waals surface area contributed by atoms with Crippen molar-refractivity contribution in [3.8, 4) is 0 Å². The zero-order chi connectivity index (χ0) is 12.7. The fourth-order valence-electron chi connectivity index (χ4n) is 1.83. The first-order valence-electron chi connectivity index (χ1n) is 6.04. The number of para-hydroxylation sites is 1. The number of nitrogens with zero attached hydrogens (tertiary/aromatic N) is 1. The largest absolute Gasteiger partial charge is 0.380 e. The van der Waals surface area contributed by atoms with Crippen molar-refractivity contribution in [3.63, 3.8) is 0 Å². The monoisotopic (exact) mass is 240 g/mol. The molecule has 3 nitrogen and oxygen atoms in total. The molecule has 0 amide bonds. The summed E-state index contributed by atoms with van der Waals surface area (Å²) in [5.74, 6) is -0.216. The van der Waals surface area contributed by atoms with Gasteiger partial charge < -0.3 is 15.4 Å². The van der Waals surface area contributed by atoms with Crippen molar-refractivity contribution in [1.82, 2.24) is 0 Å². The summed E-state index contributed by atoms with van der Waals surface area (Å²) in [5.41, 5.74) is 7.09. The summed E-state index contributed by atoms with van der Waals surface area (Å²) in [5, 5.41) is 0. The maximum absolute atomic E-state index is 13.8. The zero-order valence-corrected chi connectivity index (χ0v) is 10.6. The van der Waals surface area contributed by atoms with Gasteiger partial charge in [0.25, 0.3) is 0 Å². The van der Waals surface area contributed by atoms with Gasteiger partial charge in [0, 0.05) is 26.2 Å². The molecule has 1 rings (SSSR count). The van der Waals surface area contributed by atoms with Crippen LogP contribution in [0.1, 0.15) is 19.4 Å². The molecule has 0 aliphatic rings. The number of halogens is 1. The molecule has 4 heteroatoms. The van der Waals surface area contributed by atoms with Gasteiger partial charge in [-0.1, -0.05) is 12.1 Å². The molecule has 0 bridgehead atoms. The number of nitrogens with two attached hydrogens (primary N) is 1. The van der Waals surface area contributed by atoms with Gasteiger partial charge in [-0.25, -0.2) is 4.39 Å². The van der Waals surface area contributed by atoms with Crippen molar-refractivity contribution in [3.05, 3.63) is 29.6 Å². The first kappa shape index (κ1) is 13.9. The summed E-state index contributed by atoms with van der Waals surface area (Å²) in [7, 11) is 0. The molecule has 0 fully saturated rings. The molecule has 1 aromatic rings. The summed E-state index contributed by atoms with van der Waals surface area (Å²) < 4.78 is 19.2. The number of rotatable bonds is 7. The van der Waals surface area contributed by atoms with E-state index in [0.717, 1.165) is 12.1 Å². The quantitative estimate of drug-likeness (QED) is 0.742. The highest BCUT2D eigenvalue weighted by atomic mass is 19.1. The van der Waals surface area contributed by atoms with E-state index in [2.05, 4.69) is 0 Å². The van der Waals surface area contributed by atoms with Crippen molar-refractivity contribution in [1.29, 1.82) is 0 Å². The molecule has 0 unspecified atom stereocenters. The van der Waals surface area contributed by atoms with Gasteiger partial charge >= 0.3 is 0 Å². The molecule has 0 saturated heterocycles. The SMILES string of the molecule is CCOCCN(CC)c1c(F)cccc1CN. The van der Waals surface area contributed by atoms with Crippen LogP contribution in [0, 0.1) is 5.82 Å². The first-order valence-corrected chi connectivity index (χ1v) is 6.04. The first-order chi connectivity index (χ1) is 8.24. The summed E-state index contributed by atoms with van der Waals surface area (Å²) in [6.45, 7) is 6.99. The van der Waals surface area contributed by atoms with E-state index in [9.17, 15) is 4.39 Å². The summed E-state index contributed by atoms with van der Waals surface area (Å²) in [6, 6.07) is 5.02. The number of likely N-dealkylation sites (N-methyl/N-ethyl adjacent to an activating group) is 1. The van der Waals surface area contributed by atoms with Gasteiger partial charge in [0.05, 0.1) is 12.3 Å². The number of benzene rings is 1. The zero-order valence-electron chi connectivity index (χ0n) is 10.6. The number of hydrogen-bond donors (Lipinski definition) is 1. The average Bonchev–Trinajstić information content (AvgIpc) is 2.35. The second kappa shape index (κ2) is 7.25. The van der Waals surface area contributed by atoms with Crippen LogP contribution in [0.5, 0.6) is 0 Å². The fourth-order valence-corrected chi connectivity index (χ4v) is 1.83. The normalized spacial score (nSPS) is 10.6. The standard InChI is InChI=1S/C13H21FN2O/c1-3-16(8-9-17-4-2)13-11(10-15)6-5-7-12(13)14/h5-7H,3-4,8-10,15H2,1-2H3. The van der Waals surface area contributed by atoms with Crippen LogP contribution in [0.3, 0.4) is 0 Å². The Morgan fingerprint density at radius 1 is 1.35 bits per heavy atom. The molecule has 2 N–H and O–H groups in total. The molecule has 0 saturated carbocycles. The minimum absolute atomic E-state index is 0.216. The van der Waals surface area contributed by atoms with Crippen LogP contribution in [0.4, 0.5) is 10.1 Å². The molecule has 1 aromatic carbocycles. The number of ether oxygens (including phenoxy) is 1. The van der Waals surface area contributed by atoms with E-state index in [1.807, 2.05) is 24.8 Å². The highest BCUT2D eigenvalue weighted by Gasteiger charge is 2.13. The molecular weight excluding hydrogens is 219 g/mol.